The quantitative estimate of drug-likeness (QED) is 0.739. The molecule has 0 aromatic heterocycles. The zero-order valence-corrected chi connectivity index (χ0v) is 15.9. The molecule has 1 aliphatic rings. The van der Waals surface area contributed by atoms with Crippen molar-refractivity contribution in [2.24, 2.45) is 0 Å². The molecule has 1 aliphatic heterocycles. The fourth-order valence-electron chi connectivity index (χ4n) is 3.28. The smallest absolute Gasteiger partial charge is 0.335 e. The summed E-state index contributed by atoms with van der Waals surface area (Å²) in [7, 11) is -4.30. The molecule has 2 aromatic carbocycles. The molecule has 1 heterocycles. The molecule has 0 saturated carbocycles. The van der Waals surface area contributed by atoms with Crippen LogP contribution in [0.2, 0.25) is 0 Å². The molecule has 10 heteroatoms. The van der Waals surface area contributed by atoms with Crippen molar-refractivity contribution in [1.82, 2.24) is 9.62 Å². The molecule has 1 fully saturated rings. The van der Waals surface area contributed by atoms with Crippen LogP contribution in [0.15, 0.2) is 53.4 Å². The van der Waals surface area contributed by atoms with Gasteiger partial charge in [-0.2, -0.15) is 13.2 Å². The minimum absolute atomic E-state index is 0.304. The maximum atomic E-state index is 13.1. The van der Waals surface area contributed by atoms with Crippen LogP contribution < -0.4 is 4.72 Å². The Kier molecular flexibility index (Phi) is 5.95. The monoisotopic (exact) mass is 430 g/mol. The molecule has 0 radical (unpaired) electrons. The number of sulfonamides is 1. The average molecular weight is 430 g/mol. The highest BCUT2D eigenvalue weighted by atomic mass is 32.2. The maximum Gasteiger partial charge on any atom is 0.416 e. The largest absolute Gasteiger partial charge is 0.416 e. The number of amides is 1. The van der Waals surface area contributed by atoms with E-state index in [0.717, 1.165) is 23.8 Å². The van der Waals surface area contributed by atoms with Gasteiger partial charge in [-0.25, -0.2) is 17.5 Å². The number of carbonyl (C=O) groups excluding carboxylic acids is 1. The molecule has 5 nitrogen and oxygen atoms in total. The summed E-state index contributed by atoms with van der Waals surface area (Å²) in [6, 6.07) is 8.70. The number of hydrogen-bond acceptors (Lipinski definition) is 3. The van der Waals surface area contributed by atoms with Gasteiger partial charge in [0.05, 0.1) is 23.0 Å². The first-order valence-electron chi connectivity index (χ1n) is 8.80. The molecule has 0 spiro atoms. The SMILES string of the molecule is O=C(CNS(=O)(=O)c1cccc(C(F)(F)F)c1)N1CCCC1c1ccc(F)cc1. The minimum atomic E-state index is -4.68. The highest BCUT2D eigenvalue weighted by molar-refractivity contribution is 7.89. The van der Waals surface area contributed by atoms with E-state index >= 15 is 0 Å². The molecular formula is C19H18F4N2O3S. The number of hydrogen-bond donors (Lipinski definition) is 1. The lowest BCUT2D eigenvalue weighted by atomic mass is 10.0. The van der Waals surface area contributed by atoms with Crippen molar-refractivity contribution in [1.29, 1.82) is 0 Å². The molecule has 1 unspecified atom stereocenters. The molecule has 1 saturated heterocycles. The van der Waals surface area contributed by atoms with Crippen molar-refractivity contribution in [3.8, 4) is 0 Å². The second-order valence-corrected chi connectivity index (χ2v) is 8.41. The van der Waals surface area contributed by atoms with Gasteiger partial charge < -0.3 is 4.90 Å². The molecule has 29 heavy (non-hydrogen) atoms. The van der Waals surface area contributed by atoms with E-state index in [4.69, 9.17) is 0 Å². The normalized spacial score (nSPS) is 17.5. The predicted molar refractivity (Wildman–Crippen MR) is 96.7 cm³/mol. The zero-order valence-electron chi connectivity index (χ0n) is 15.1. The van der Waals surface area contributed by atoms with Crippen LogP contribution in [-0.4, -0.2) is 32.3 Å². The highest BCUT2D eigenvalue weighted by Crippen LogP contribution is 2.32. The van der Waals surface area contributed by atoms with Gasteiger partial charge in [0.15, 0.2) is 0 Å². The van der Waals surface area contributed by atoms with Crippen molar-refractivity contribution in [3.05, 3.63) is 65.5 Å². The number of nitrogens with zero attached hydrogens (tertiary/aromatic N) is 1. The van der Waals surface area contributed by atoms with Gasteiger partial charge in [-0.3, -0.25) is 4.79 Å². The fourth-order valence-corrected chi connectivity index (χ4v) is 4.30. The van der Waals surface area contributed by atoms with Gasteiger partial charge in [0, 0.05) is 6.54 Å². The molecule has 1 atom stereocenters. The number of nitrogens with one attached hydrogen (secondary N) is 1. The van der Waals surface area contributed by atoms with E-state index in [2.05, 4.69) is 4.72 Å². The Morgan fingerprint density at radius 2 is 1.83 bits per heavy atom. The lowest BCUT2D eigenvalue weighted by molar-refractivity contribution is -0.137. The predicted octanol–water partition coefficient (Wildman–Crippen LogP) is 3.49. The number of rotatable bonds is 5. The lowest BCUT2D eigenvalue weighted by Gasteiger charge is -2.25. The zero-order chi connectivity index (χ0) is 21.2. The summed E-state index contributed by atoms with van der Waals surface area (Å²) < 4.78 is 78.3. The van der Waals surface area contributed by atoms with Crippen LogP contribution in [0.5, 0.6) is 0 Å². The third-order valence-corrected chi connectivity index (χ3v) is 6.11. The molecule has 2 aromatic rings. The molecule has 0 aliphatic carbocycles. The number of alkyl halides is 3. The minimum Gasteiger partial charge on any atom is -0.335 e. The first-order valence-corrected chi connectivity index (χ1v) is 10.3. The fraction of sp³-hybridized carbons (Fsp3) is 0.316. The molecule has 0 bridgehead atoms. The summed E-state index contributed by atoms with van der Waals surface area (Å²) in [5.74, 6) is -0.911. The summed E-state index contributed by atoms with van der Waals surface area (Å²) in [4.78, 5) is 13.5. The van der Waals surface area contributed by atoms with Gasteiger partial charge in [0.25, 0.3) is 0 Å². The number of carbonyl (C=O) groups is 1. The van der Waals surface area contributed by atoms with Crippen LogP contribution in [0.1, 0.15) is 30.0 Å². The third kappa shape index (κ3) is 4.94. The number of likely N-dealkylation sites (tertiary alicyclic amines) is 1. The van der Waals surface area contributed by atoms with Crippen molar-refractivity contribution < 1.29 is 30.8 Å². The van der Waals surface area contributed by atoms with E-state index in [0.29, 0.717) is 25.5 Å². The second kappa shape index (κ2) is 8.11. The van der Waals surface area contributed by atoms with E-state index in [-0.39, 0.29) is 6.04 Å². The van der Waals surface area contributed by atoms with Gasteiger partial charge in [-0.15, -0.1) is 0 Å². The Labute approximate surface area is 165 Å². The van der Waals surface area contributed by atoms with Crippen LogP contribution in [0.25, 0.3) is 0 Å². The van der Waals surface area contributed by atoms with Crippen LogP contribution in [-0.2, 0) is 21.0 Å². The van der Waals surface area contributed by atoms with Crippen LogP contribution in [0.4, 0.5) is 17.6 Å². The number of halogens is 4. The molecule has 3 rings (SSSR count). The van der Waals surface area contributed by atoms with Crippen LogP contribution in [0.3, 0.4) is 0 Å². The summed E-state index contributed by atoms with van der Waals surface area (Å²) in [6.45, 7) is -0.178. The van der Waals surface area contributed by atoms with E-state index in [9.17, 15) is 30.8 Å². The highest BCUT2D eigenvalue weighted by Gasteiger charge is 2.33. The van der Waals surface area contributed by atoms with E-state index in [1.807, 2.05) is 0 Å². The summed E-state index contributed by atoms with van der Waals surface area (Å²) in [5, 5.41) is 0. The van der Waals surface area contributed by atoms with Gasteiger partial charge >= 0.3 is 6.18 Å². The summed E-state index contributed by atoms with van der Waals surface area (Å²) >= 11 is 0. The van der Waals surface area contributed by atoms with Crippen LogP contribution in [0, 0.1) is 5.82 Å². The summed E-state index contributed by atoms with van der Waals surface area (Å²) in [5.41, 5.74) is -0.361. The van der Waals surface area contributed by atoms with Crippen molar-refractivity contribution in [3.63, 3.8) is 0 Å². The van der Waals surface area contributed by atoms with Crippen molar-refractivity contribution >= 4 is 15.9 Å². The first-order chi connectivity index (χ1) is 13.6. The number of benzene rings is 2. The van der Waals surface area contributed by atoms with E-state index in [1.165, 1.54) is 17.0 Å². The maximum absolute atomic E-state index is 13.1. The molecule has 1 amide bonds. The molecule has 1 N–H and O–H groups in total. The van der Waals surface area contributed by atoms with Gasteiger partial charge in [0.2, 0.25) is 15.9 Å². The lowest BCUT2D eigenvalue weighted by Crippen LogP contribution is -2.39. The van der Waals surface area contributed by atoms with Gasteiger partial charge in [-0.05, 0) is 48.7 Å². The van der Waals surface area contributed by atoms with E-state index < -0.39 is 44.9 Å². The Morgan fingerprint density at radius 1 is 1.14 bits per heavy atom. The topological polar surface area (TPSA) is 66.5 Å². The summed E-state index contributed by atoms with van der Waals surface area (Å²) in [6.07, 6.45) is -3.33. The average Bonchev–Trinajstić information content (AvgIpc) is 3.16. The van der Waals surface area contributed by atoms with E-state index in [1.54, 1.807) is 12.1 Å². The Morgan fingerprint density at radius 3 is 2.48 bits per heavy atom. The standard InChI is InChI=1S/C19H18F4N2O3S/c20-15-8-6-13(7-9-15)17-5-2-10-25(17)18(26)12-24-29(27,28)16-4-1-3-14(11-16)19(21,22)23/h1,3-4,6-9,11,17,24H,2,5,10,12H2. The third-order valence-electron chi connectivity index (χ3n) is 4.71. The second-order valence-electron chi connectivity index (χ2n) is 6.65. The molecular weight excluding hydrogens is 412 g/mol. The Bertz CT molecular complexity index is 991. The first kappa shape index (κ1) is 21.3. The van der Waals surface area contributed by atoms with Crippen molar-refractivity contribution in [2.45, 2.75) is 30.0 Å². The Balaban J connectivity index is 1.70. The van der Waals surface area contributed by atoms with Crippen LogP contribution >= 0.6 is 0 Å². The van der Waals surface area contributed by atoms with Gasteiger partial charge in [0.1, 0.15) is 5.82 Å². The molecule has 156 valence electrons. The van der Waals surface area contributed by atoms with Crippen molar-refractivity contribution in [2.75, 3.05) is 13.1 Å². The Hall–Kier alpha value is -2.46. The van der Waals surface area contributed by atoms with Gasteiger partial charge in [-0.1, -0.05) is 18.2 Å².